The van der Waals surface area contributed by atoms with Crippen LogP contribution in [0.2, 0.25) is 0 Å². The van der Waals surface area contributed by atoms with Crippen LogP contribution in [0.15, 0.2) is 36.5 Å². The van der Waals surface area contributed by atoms with Gasteiger partial charge in [0.2, 0.25) is 6.41 Å². The molecule has 1 heterocycles. The predicted octanol–water partition coefficient (Wildman–Crippen LogP) is 1.66. The van der Waals surface area contributed by atoms with Gasteiger partial charge in [0.05, 0.1) is 11.2 Å². The summed E-state index contributed by atoms with van der Waals surface area (Å²) in [7, 11) is 0. The molecule has 1 aromatic heterocycles. The van der Waals surface area contributed by atoms with Crippen molar-refractivity contribution in [2.45, 2.75) is 0 Å². The van der Waals surface area contributed by atoms with Gasteiger partial charge in [-0.1, -0.05) is 6.07 Å². The highest BCUT2D eigenvalue weighted by Gasteiger charge is 1.97. The van der Waals surface area contributed by atoms with E-state index in [1.807, 2.05) is 12.1 Å². The summed E-state index contributed by atoms with van der Waals surface area (Å²) >= 11 is 0. The van der Waals surface area contributed by atoms with Crippen LogP contribution in [0.3, 0.4) is 0 Å². The highest BCUT2D eigenvalue weighted by atomic mass is 16.3. The molecule has 0 saturated carbocycles. The molecule has 0 saturated heterocycles. The lowest BCUT2D eigenvalue weighted by Crippen LogP contribution is -1.98. The molecule has 4 nitrogen and oxygen atoms in total. The number of carbonyl (C=O) groups is 1. The second-order valence-corrected chi connectivity index (χ2v) is 3.23. The molecule has 0 aliphatic heterocycles. The lowest BCUT2D eigenvalue weighted by atomic mass is 10.2. The summed E-state index contributed by atoms with van der Waals surface area (Å²) in [5.74, 6) is 0.187. The van der Waals surface area contributed by atoms with Crippen molar-refractivity contribution in [3.05, 3.63) is 42.2 Å². The number of nitrogens with one attached hydrogen (secondary N) is 1. The number of aromatic hydroxyl groups is 1. The van der Waals surface area contributed by atoms with E-state index in [1.54, 1.807) is 24.3 Å². The predicted molar refractivity (Wildman–Crippen MR) is 61.6 cm³/mol. The fraction of sp³-hybridized carbons (Fsp3) is 0. The normalized spacial score (nSPS) is 10.8. The van der Waals surface area contributed by atoms with E-state index in [1.165, 1.54) is 6.20 Å². The van der Waals surface area contributed by atoms with Gasteiger partial charge in [0, 0.05) is 17.7 Å². The zero-order chi connectivity index (χ0) is 11.4. The third-order valence-corrected chi connectivity index (χ3v) is 2.12. The molecule has 2 N–H and O–H groups in total. The Morgan fingerprint density at radius 3 is 2.88 bits per heavy atom. The van der Waals surface area contributed by atoms with E-state index in [4.69, 9.17) is 0 Å². The molecule has 0 spiro atoms. The zero-order valence-electron chi connectivity index (χ0n) is 8.42. The number of carbonyl (C=O) groups excluding carboxylic acids is 1. The van der Waals surface area contributed by atoms with Crippen LogP contribution in [0.1, 0.15) is 5.69 Å². The van der Waals surface area contributed by atoms with Crippen molar-refractivity contribution in [3.63, 3.8) is 0 Å². The van der Waals surface area contributed by atoms with Gasteiger partial charge in [0.15, 0.2) is 0 Å². The lowest BCUT2D eigenvalue weighted by molar-refractivity contribution is -0.108. The molecule has 0 radical (unpaired) electrons. The fourth-order valence-corrected chi connectivity index (χ4v) is 1.39. The molecule has 2 rings (SSSR count). The van der Waals surface area contributed by atoms with Gasteiger partial charge in [-0.25, -0.2) is 4.98 Å². The van der Waals surface area contributed by atoms with E-state index in [0.717, 1.165) is 5.39 Å². The Morgan fingerprint density at radius 2 is 2.06 bits per heavy atom. The van der Waals surface area contributed by atoms with Crippen molar-refractivity contribution in [1.29, 1.82) is 0 Å². The second kappa shape index (κ2) is 4.44. The largest absolute Gasteiger partial charge is 0.508 e. The maximum Gasteiger partial charge on any atom is 0.211 e. The number of hydrogen-bond acceptors (Lipinski definition) is 3. The minimum Gasteiger partial charge on any atom is -0.508 e. The molecule has 80 valence electrons. The minimum atomic E-state index is 0.187. The second-order valence-electron chi connectivity index (χ2n) is 3.23. The Bertz CT molecular complexity index is 550. The standard InChI is InChI=1S/C12H10N2O2/c15-8-13-6-5-10-3-1-9-2-4-11(16)7-12(9)14-10/h1-8,16H,(H,13,15). The quantitative estimate of drug-likeness (QED) is 0.764. The Morgan fingerprint density at radius 1 is 1.25 bits per heavy atom. The highest BCUT2D eigenvalue weighted by molar-refractivity contribution is 5.81. The van der Waals surface area contributed by atoms with Gasteiger partial charge in [-0.15, -0.1) is 0 Å². The number of benzene rings is 1. The van der Waals surface area contributed by atoms with Crippen LogP contribution in [-0.2, 0) is 4.79 Å². The maximum absolute atomic E-state index is 10.0. The van der Waals surface area contributed by atoms with Crippen molar-refractivity contribution in [2.75, 3.05) is 0 Å². The van der Waals surface area contributed by atoms with Gasteiger partial charge in [-0.05, 0) is 24.3 Å². The summed E-state index contributed by atoms with van der Waals surface area (Å²) < 4.78 is 0. The number of rotatable bonds is 3. The van der Waals surface area contributed by atoms with E-state index in [0.29, 0.717) is 17.6 Å². The first-order valence-electron chi connectivity index (χ1n) is 4.75. The van der Waals surface area contributed by atoms with Crippen LogP contribution in [0, 0.1) is 0 Å². The van der Waals surface area contributed by atoms with Crippen molar-refractivity contribution in [2.24, 2.45) is 0 Å². The molecular formula is C12H10N2O2. The average molecular weight is 214 g/mol. The molecule has 4 heteroatoms. The van der Waals surface area contributed by atoms with Crippen LogP contribution in [0.4, 0.5) is 0 Å². The number of nitrogens with zero attached hydrogens (tertiary/aromatic N) is 1. The molecule has 0 atom stereocenters. The molecule has 16 heavy (non-hydrogen) atoms. The van der Waals surface area contributed by atoms with Crippen LogP contribution in [0.5, 0.6) is 5.75 Å². The number of phenols is 1. The monoisotopic (exact) mass is 214 g/mol. The van der Waals surface area contributed by atoms with Crippen molar-refractivity contribution < 1.29 is 9.90 Å². The molecular weight excluding hydrogens is 204 g/mol. The third-order valence-electron chi connectivity index (χ3n) is 2.12. The number of aromatic nitrogens is 1. The Balaban J connectivity index is 2.38. The Hall–Kier alpha value is -2.36. The molecule has 0 aliphatic rings. The summed E-state index contributed by atoms with van der Waals surface area (Å²) in [4.78, 5) is 14.3. The van der Waals surface area contributed by atoms with E-state index >= 15 is 0 Å². The van der Waals surface area contributed by atoms with Crippen LogP contribution in [0.25, 0.3) is 17.0 Å². The van der Waals surface area contributed by atoms with E-state index in [-0.39, 0.29) is 5.75 Å². The zero-order valence-corrected chi connectivity index (χ0v) is 8.42. The Kier molecular flexibility index (Phi) is 2.82. The summed E-state index contributed by atoms with van der Waals surface area (Å²) in [5, 5.41) is 12.7. The molecule has 1 amide bonds. The average Bonchev–Trinajstić information content (AvgIpc) is 2.29. The summed E-state index contributed by atoms with van der Waals surface area (Å²) in [5.41, 5.74) is 1.43. The van der Waals surface area contributed by atoms with Gasteiger partial charge >= 0.3 is 0 Å². The lowest BCUT2D eigenvalue weighted by Gasteiger charge is -1.99. The van der Waals surface area contributed by atoms with E-state index in [9.17, 15) is 9.90 Å². The molecule has 1 aromatic carbocycles. The van der Waals surface area contributed by atoms with Crippen molar-refractivity contribution in [1.82, 2.24) is 10.3 Å². The molecule has 0 aliphatic carbocycles. The number of hydrogen-bond donors (Lipinski definition) is 2. The van der Waals surface area contributed by atoms with Crippen LogP contribution < -0.4 is 5.32 Å². The van der Waals surface area contributed by atoms with E-state index in [2.05, 4.69) is 10.3 Å². The van der Waals surface area contributed by atoms with Gasteiger partial charge in [0.25, 0.3) is 0 Å². The van der Waals surface area contributed by atoms with Gasteiger partial charge in [0.1, 0.15) is 5.75 Å². The van der Waals surface area contributed by atoms with E-state index < -0.39 is 0 Å². The van der Waals surface area contributed by atoms with Gasteiger partial charge in [-0.2, -0.15) is 0 Å². The summed E-state index contributed by atoms with van der Waals surface area (Å²) in [6, 6.07) is 8.76. The summed E-state index contributed by atoms with van der Waals surface area (Å²) in [6.07, 6.45) is 3.77. The first-order chi connectivity index (χ1) is 7.79. The molecule has 2 aromatic rings. The number of phenolic OH excluding ortho intramolecular Hbond substituents is 1. The third kappa shape index (κ3) is 2.17. The molecule has 0 fully saturated rings. The number of amides is 1. The molecule has 0 unspecified atom stereocenters. The SMILES string of the molecule is O=CNC=Cc1ccc2ccc(O)cc2n1. The highest BCUT2D eigenvalue weighted by Crippen LogP contribution is 2.18. The summed E-state index contributed by atoms with van der Waals surface area (Å²) in [6.45, 7) is 0. The Labute approximate surface area is 92.2 Å². The number of pyridine rings is 1. The maximum atomic E-state index is 10.0. The molecule has 0 bridgehead atoms. The minimum absolute atomic E-state index is 0.187. The van der Waals surface area contributed by atoms with Crippen LogP contribution in [-0.4, -0.2) is 16.5 Å². The smallest absolute Gasteiger partial charge is 0.211 e. The number of fused-ring (bicyclic) bond motifs is 1. The first kappa shape index (κ1) is 10.2. The van der Waals surface area contributed by atoms with Crippen molar-refractivity contribution >= 4 is 23.4 Å². The van der Waals surface area contributed by atoms with Crippen LogP contribution >= 0.6 is 0 Å². The first-order valence-corrected chi connectivity index (χ1v) is 4.75. The topological polar surface area (TPSA) is 62.2 Å². The van der Waals surface area contributed by atoms with Crippen molar-refractivity contribution in [3.8, 4) is 5.75 Å². The fourth-order valence-electron chi connectivity index (χ4n) is 1.39. The van der Waals surface area contributed by atoms with Gasteiger partial charge < -0.3 is 10.4 Å². The van der Waals surface area contributed by atoms with Gasteiger partial charge in [-0.3, -0.25) is 4.79 Å².